The van der Waals surface area contributed by atoms with Crippen LogP contribution in [0.4, 0.5) is 5.69 Å². The van der Waals surface area contributed by atoms with Crippen LogP contribution in [0, 0.1) is 5.92 Å². The lowest BCUT2D eigenvalue weighted by atomic mass is 10.0. The van der Waals surface area contributed by atoms with E-state index >= 15 is 0 Å². The minimum Gasteiger partial charge on any atom is -0.408 e. The molecule has 1 fully saturated rings. The van der Waals surface area contributed by atoms with Crippen molar-refractivity contribution in [2.75, 3.05) is 25.1 Å². The molecule has 1 amide bonds. The zero-order valence-corrected chi connectivity index (χ0v) is 11.6. The minimum absolute atomic E-state index is 0.0347. The number of hydrogen-bond acceptors (Lipinski definition) is 5. The number of hydrogen-bond donors (Lipinski definition) is 3. The normalized spacial score (nSPS) is 21.8. The smallest absolute Gasteiger partial charge is 0.408 e. The Morgan fingerprint density at radius 1 is 1.43 bits per heavy atom. The third kappa shape index (κ3) is 2.84. The minimum atomic E-state index is -0.509. The van der Waals surface area contributed by atoms with E-state index < -0.39 is 5.76 Å². The number of carbonyl (C=O) groups is 1. The van der Waals surface area contributed by atoms with Gasteiger partial charge in [0.2, 0.25) is 5.91 Å². The molecule has 0 radical (unpaired) electrons. The van der Waals surface area contributed by atoms with Gasteiger partial charge in [-0.2, -0.15) is 0 Å². The Balaban J connectivity index is 1.74. The number of likely N-dealkylation sites (N-methyl/N-ethyl adjacent to an activating group) is 1. The second-order valence-corrected chi connectivity index (χ2v) is 5.02. The molecule has 1 aliphatic heterocycles. The largest absolute Gasteiger partial charge is 0.417 e. The van der Waals surface area contributed by atoms with E-state index in [9.17, 15) is 9.59 Å². The first-order chi connectivity index (χ1) is 10.2. The Bertz CT molecular complexity index is 706. The summed E-state index contributed by atoms with van der Waals surface area (Å²) in [5.74, 6) is -0.822. The molecule has 1 saturated heterocycles. The highest BCUT2D eigenvalue weighted by molar-refractivity contribution is 5.94. The number of benzene rings is 1. The summed E-state index contributed by atoms with van der Waals surface area (Å²) < 4.78 is 10.3. The van der Waals surface area contributed by atoms with Gasteiger partial charge in [-0.05, 0) is 24.7 Å². The third-order valence-electron chi connectivity index (χ3n) is 3.57. The standard InChI is InChI=1S/C14H17N3O4/c1-2-15-11-7-20-6-9(11)13(18)16-8-3-4-12-10(5-8)17-14(19)21-12/h3-5,9,11,15H,2,6-7H2,1H3,(H,16,18)(H,17,19). The highest BCUT2D eigenvalue weighted by atomic mass is 16.5. The number of nitrogens with one attached hydrogen (secondary N) is 3. The predicted octanol–water partition coefficient (Wildman–Crippen LogP) is 0.684. The molecule has 0 bridgehead atoms. The molecular weight excluding hydrogens is 274 g/mol. The number of carbonyl (C=O) groups excluding carboxylic acids is 1. The quantitative estimate of drug-likeness (QED) is 0.770. The van der Waals surface area contributed by atoms with Gasteiger partial charge in [-0.25, -0.2) is 4.79 Å². The number of H-pyrrole nitrogens is 1. The van der Waals surface area contributed by atoms with Gasteiger partial charge in [-0.15, -0.1) is 0 Å². The molecule has 0 aliphatic carbocycles. The van der Waals surface area contributed by atoms with E-state index in [0.717, 1.165) is 6.54 Å². The van der Waals surface area contributed by atoms with Gasteiger partial charge in [-0.1, -0.05) is 6.92 Å². The molecule has 3 N–H and O–H groups in total. The monoisotopic (exact) mass is 291 g/mol. The zero-order valence-electron chi connectivity index (χ0n) is 11.6. The number of fused-ring (bicyclic) bond motifs is 1. The summed E-state index contributed by atoms with van der Waals surface area (Å²) in [6, 6.07) is 5.06. The molecule has 1 aromatic heterocycles. The first-order valence-corrected chi connectivity index (χ1v) is 6.92. The first kappa shape index (κ1) is 13.8. The lowest BCUT2D eigenvalue weighted by Crippen LogP contribution is -2.41. The Morgan fingerprint density at radius 3 is 3.10 bits per heavy atom. The molecule has 112 valence electrons. The highest BCUT2D eigenvalue weighted by Crippen LogP contribution is 2.19. The average molecular weight is 291 g/mol. The van der Waals surface area contributed by atoms with Crippen molar-refractivity contribution in [3.63, 3.8) is 0 Å². The number of ether oxygens (including phenoxy) is 1. The zero-order chi connectivity index (χ0) is 14.8. The van der Waals surface area contributed by atoms with Crippen molar-refractivity contribution in [2.45, 2.75) is 13.0 Å². The Morgan fingerprint density at radius 2 is 2.29 bits per heavy atom. The van der Waals surface area contributed by atoms with E-state index in [1.54, 1.807) is 18.2 Å². The molecule has 1 aliphatic rings. The molecule has 7 nitrogen and oxygen atoms in total. The average Bonchev–Trinajstić information content (AvgIpc) is 3.04. The third-order valence-corrected chi connectivity index (χ3v) is 3.57. The highest BCUT2D eigenvalue weighted by Gasteiger charge is 2.33. The van der Waals surface area contributed by atoms with Crippen molar-refractivity contribution in [1.29, 1.82) is 0 Å². The summed E-state index contributed by atoms with van der Waals surface area (Å²) in [4.78, 5) is 26.0. The van der Waals surface area contributed by atoms with Crippen LogP contribution in [0.15, 0.2) is 27.4 Å². The van der Waals surface area contributed by atoms with Gasteiger partial charge >= 0.3 is 5.76 Å². The van der Waals surface area contributed by atoms with E-state index in [2.05, 4.69) is 15.6 Å². The molecular formula is C14H17N3O4. The van der Waals surface area contributed by atoms with Crippen LogP contribution in [-0.4, -0.2) is 36.7 Å². The van der Waals surface area contributed by atoms with Gasteiger partial charge in [0.15, 0.2) is 5.58 Å². The predicted molar refractivity (Wildman–Crippen MR) is 77.2 cm³/mol. The lowest BCUT2D eigenvalue weighted by Gasteiger charge is -2.17. The van der Waals surface area contributed by atoms with Gasteiger partial charge < -0.3 is 19.8 Å². The fourth-order valence-corrected chi connectivity index (χ4v) is 2.54. The van der Waals surface area contributed by atoms with Crippen molar-refractivity contribution in [1.82, 2.24) is 10.3 Å². The molecule has 2 aromatic rings. The fraction of sp³-hybridized carbons (Fsp3) is 0.429. The molecule has 7 heteroatoms. The van der Waals surface area contributed by atoms with Crippen LogP contribution in [0.25, 0.3) is 11.1 Å². The molecule has 1 aromatic carbocycles. The maximum Gasteiger partial charge on any atom is 0.417 e. The summed E-state index contributed by atoms with van der Waals surface area (Å²) in [5, 5.41) is 6.10. The van der Waals surface area contributed by atoms with Gasteiger partial charge in [0.25, 0.3) is 0 Å². The summed E-state index contributed by atoms with van der Waals surface area (Å²) in [6.07, 6.45) is 0. The number of aromatic amines is 1. The lowest BCUT2D eigenvalue weighted by molar-refractivity contribution is -0.120. The second-order valence-electron chi connectivity index (χ2n) is 5.02. The maximum atomic E-state index is 12.3. The van der Waals surface area contributed by atoms with E-state index in [1.807, 2.05) is 6.92 Å². The second kappa shape index (κ2) is 5.71. The number of anilines is 1. The fourth-order valence-electron chi connectivity index (χ4n) is 2.54. The van der Waals surface area contributed by atoms with Gasteiger partial charge in [0.05, 0.1) is 24.6 Å². The summed E-state index contributed by atoms with van der Waals surface area (Å²) in [7, 11) is 0. The molecule has 2 heterocycles. The molecule has 2 atom stereocenters. The van der Waals surface area contributed by atoms with Crippen LogP contribution in [-0.2, 0) is 9.53 Å². The SMILES string of the molecule is CCNC1COCC1C(=O)Nc1ccc2oc(=O)[nH]c2c1. The number of rotatable bonds is 4. The number of amides is 1. The van der Waals surface area contributed by atoms with Crippen molar-refractivity contribution in [3.05, 3.63) is 28.7 Å². The number of oxazole rings is 1. The van der Waals surface area contributed by atoms with Crippen LogP contribution in [0.1, 0.15) is 6.92 Å². The molecule has 3 rings (SSSR count). The van der Waals surface area contributed by atoms with E-state index in [1.165, 1.54) is 0 Å². The summed E-state index contributed by atoms with van der Waals surface area (Å²) in [5.41, 5.74) is 1.64. The van der Waals surface area contributed by atoms with Crippen molar-refractivity contribution in [3.8, 4) is 0 Å². The summed E-state index contributed by atoms with van der Waals surface area (Å²) >= 11 is 0. The first-order valence-electron chi connectivity index (χ1n) is 6.92. The van der Waals surface area contributed by atoms with Crippen LogP contribution < -0.4 is 16.4 Å². The Hall–Kier alpha value is -2.12. The molecule has 0 spiro atoms. The van der Waals surface area contributed by atoms with Crippen LogP contribution in [0.2, 0.25) is 0 Å². The Labute approximate surface area is 120 Å². The molecule has 2 unspecified atom stereocenters. The van der Waals surface area contributed by atoms with Crippen molar-refractivity contribution < 1.29 is 13.9 Å². The van der Waals surface area contributed by atoms with Crippen LogP contribution in [0.5, 0.6) is 0 Å². The Kier molecular flexibility index (Phi) is 3.76. The van der Waals surface area contributed by atoms with Gasteiger partial charge in [-0.3, -0.25) is 9.78 Å². The molecule has 21 heavy (non-hydrogen) atoms. The van der Waals surface area contributed by atoms with Crippen molar-refractivity contribution >= 4 is 22.7 Å². The van der Waals surface area contributed by atoms with Crippen LogP contribution >= 0.6 is 0 Å². The molecule has 0 saturated carbocycles. The maximum absolute atomic E-state index is 12.3. The van der Waals surface area contributed by atoms with E-state index in [-0.39, 0.29) is 17.9 Å². The van der Waals surface area contributed by atoms with Crippen molar-refractivity contribution in [2.24, 2.45) is 5.92 Å². The van der Waals surface area contributed by atoms with Gasteiger partial charge in [0.1, 0.15) is 0 Å². The summed E-state index contributed by atoms with van der Waals surface area (Å²) in [6.45, 7) is 3.74. The topological polar surface area (TPSA) is 96.4 Å². The van der Waals surface area contributed by atoms with E-state index in [4.69, 9.17) is 9.15 Å². The van der Waals surface area contributed by atoms with E-state index in [0.29, 0.717) is 30.0 Å². The van der Waals surface area contributed by atoms with Crippen LogP contribution in [0.3, 0.4) is 0 Å². The number of aromatic nitrogens is 1. The van der Waals surface area contributed by atoms with Gasteiger partial charge in [0, 0.05) is 11.7 Å².